The predicted molar refractivity (Wildman–Crippen MR) is 1.37 cm³/mol. The van der Waals surface area contributed by atoms with Crippen LogP contribution in [0, 0.1) is 0 Å². The van der Waals surface area contributed by atoms with Crippen LogP contribution in [0.2, 0.25) is 0 Å². The van der Waals surface area contributed by atoms with E-state index in [0.29, 0.717) is 0 Å². The van der Waals surface area contributed by atoms with Gasteiger partial charge < -0.3 is 0 Å². The number of hydrogen-bond acceptors (Lipinski definition) is 4. The first-order chi connectivity index (χ1) is 2.00. The molecule has 0 aliphatic heterocycles. The third-order valence-corrected chi connectivity index (χ3v) is 0. The van der Waals surface area contributed by atoms with E-state index in [-0.39, 0.29) is 103 Å². The summed E-state index contributed by atoms with van der Waals surface area (Å²) in [5.74, 6) is 0. The molecule has 0 aliphatic carbocycles. The molecule has 0 spiro atoms. The summed E-state index contributed by atoms with van der Waals surface area (Å²) >= 11 is -5.75. The Morgan fingerprint density at radius 2 is 1.00 bits per heavy atom. The fourth-order valence-corrected chi connectivity index (χ4v) is 0. The van der Waals surface area contributed by atoms with Gasteiger partial charge in [-0.25, -0.2) is 0 Å². The standard InChI is InChI=1S/Cr.2K.4O/q;2*+1;;;2*-1. The maximum absolute atomic E-state index is 8.59. The summed E-state index contributed by atoms with van der Waals surface area (Å²) in [5, 5.41) is 0. The molecule has 0 saturated heterocycles. The minimum absolute atomic E-state index is 0. The molecule has 0 N–H and O–H groups in total. The molecule has 0 amide bonds. The zero-order valence-corrected chi connectivity index (χ0v) is 11.6. The van der Waals surface area contributed by atoms with E-state index in [1.807, 2.05) is 0 Å². The van der Waals surface area contributed by atoms with Crippen molar-refractivity contribution in [1.82, 2.24) is 0 Å². The molecule has 0 aromatic rings. The minimum atomic E-state index is -5.75. The van der Waals surface area contributed by atoms with Crippen LogP contribution >= 0.6 is 0 Å². The van der Waals surface area contributed by atoms with Gasteiger partial charge in [0.1, 0.15) is 0 Å². The summed E-state index contributed by atoms with van der Waals surface area (Å²) in [5.41, 5.74) is 0. The number of hydrogen-bond donors (Lipinski definition) is 0. The van der Waals surface area contributed by atoms with Gasteiger partial charge in [-0.1, -0.05) is 0 Å². The van der Waals surface area contributed by atoms with Gasteiger partial charge in [-0.2, -0.15) is 0 Å². The summed E-state index contributed by atoms with van der Waals surface area (Å²) in [4.78, 5) is 0. The molecule has 0 aromatic carbocycles. The van der Waals surface area contributed by atoms with Crippen molar-refractivity contribution in [2.24, 2.45) is 0 Å². The Kier molecular flexibility index (Phi) is 17.8. The van der Waals surface area contributed by atoms with Gasteiger partial charge >= 0.3 is 132 Å². The van der Waals surface area contributed by atoms with E-state index in [1.165, 1.54) is 0 Å². The molecule has 0 rings (SSSR count). The Labute approximate surface area is 128 Å². The van der Waals surface area contributed by atoms with Gasteiger partial charge in [0.15, 0.2) is 0 Å². The SMILES string of the molecule is [K+].[K+].[O]=[Cr](=[O])([O-])[O-]. The van der Waals surface area contributed by atoms with E-state index < -0.39 is 13.6 Å². The van der Waals surface area contributed by atoms with Gasteiger partial charge in [-0.3, -0.25) is 0 Å². The van der Waals surface area contributed by atoms with Crippen LogP contribution in [0.3, 0.4) is 0 Å². The summed E-state index contributed by atoms with van der Waals surface area (Å²) in [6, 6.07) is 0. The second-order valence-electron chi connectivity index (χ2n) is 0.408. The summed E-state index contributed by atoms with van der Waals surface area (Å²) in [6.07, 6.45) is 0. The molecule has 0 radical (unpaired) electrons. The second kappa shape index (κ2) is 7.43. The first kappa shape index (κ1) is 16.7. The normalized spacial score (nSPS) is 8.29. The number of rotatable bonds is 0. The first-order valence-electron chi connectivity index (χ1n) is 0.667. The Morgan fingerprint density at radius 1 is 1.00 bits per heavy atom. The third kappa shape index (κ3) is 45.3. The molecule has 32 valence electrons. The molecular weight excluding hydrogens is 194 g/mol. The molecule has 4 nitrogen and oxygen atoms in total. The Morgan fingerprint density at radius 3 is 1.00 bits per heavy atom. The Hall–Kier alpha value is 3.33. The van der Waals surface area contributed by atoms with E-state index in [0.717, 1.165) is 0 Å². The fourth-order valence-electron chi connectivity index (χ4n) is 0. The molecule has 7 heteroatoms. The topological polar surface area (TPSA) is 80.3 Å². The van der Waals surface area contributed by atoms with Crippen LogP contribution in [0.1, 0.15) is 0 Å². The van der Waals surface area contributed by atoms with E-state index in [2.05, 4.69) is 0 Å². The van der Waals surface area contributed by atoms with Crippen LogP contribution in [0.4, 0.5) is 0 Å². The van der Waals surface area contributed by atoms with E-state index >= 15 is 0 Å². The molecule has 0 atom stereocenters. The monoisotopic (exact) mass is 194 g/mol. The quantitative estimate of drug-likeness (QED) is 0.359. The third-order valence-electron chi connectivity index (χ3n) is 0. The molecule has 0 saturated carbocycles. The second-order valence-corrected chi connectivity index (χ2v) is 1.68. The molecule has 0 heterocycles. The molecule has 7 heavy (non-hydrogen) atoms. The summed E-state index contributed by atoms with van der Waals surface area (Å²) < 4.78 is 34.4. The van der Waals surface area contributed by atoms with Crippen molar-refractivity contribution in [3.05, 3.63) is 0 Å². The summed E-state index contributed by atoms with van der Waals surface area (Å²) in [7, 11) is 0. The van der Waals surface area contributed by atoms with Gasteiger partial charge in [0.25, 0.3) is 0 Å². The summed E-state index contributed by atoms with van der Waals surface area (Å²) in [6.45, 7) is 0. The average molecular weight is 194 g/mol. The van der Waals surface area contributed by atoms with E-state index in [4.69, 9.17) is 15.9 Å². The molecule has 0 aliphatic rings. The van der Waals surface area contributed by atoms with Gasteiger partial charge in [0, 0.05) is 0 Å². The zero-order chi connectivity index (χ0) is 4.50. The van der Waals surface area contributed by atoms with Gasteiger partial charge in [-0.05, 0) is 0 Å². The maximum atomic E-state index is 8.59. The van der Waals surface area contributed by atoms with Crippen molar-refractivity contribution >= 4 is 0 Å². The van der Waals surface area contributed by atoms with Crippen LogP contribution in [0.25, 0.3) is 0 Å². The molecular formula is CrK2O4. The average Bonchev–Trinajstić information content (AvgIpc) is 0.722. The van der Waals surface area contributed by atoms with Crippen LogP contribution in [-0.2, 0) is 21.2 Å². The first-order valence-corrected chi connectivity index (χ1v) is 2.75. The Balaban J connectivity index is -0.0000000800. The van der Waals surface area contributed by atoms with Crippen molar-refractivity contribution in [3.63, 3.8) is 0 Å². The van der Waals surface area contributed by atoms with Gasteiger partial charge in [0.2, 0.25) is 0 Å². The predicted octanol–water partition coefficient (Wildman–Crippen LogP) is -8.61. The van der Waals surface area contributed by atoms with Crippen LogP contribution in [0.15, 0.2) is 0 Å². The van der Waals surface area contributed by atoms with Crippen molar-refractivity contribution in [2.75, 3.05) is 0 Å². The molecule has 0 unspecified atom stereocenters. The van der Waals surface area contributed by atoms with E-state index in [9.17, 15) is 0 Å². The zero-order valence-electron chi connectivity index (χ0n) is 4.04. The van der Waals surface area contributed by atoms with Crippen molar-refractivity contribution in [3.8, 4) is 0 Å². The molecule has 0 aromatic heterocycles. The van der Waals surface area contributed by atoms with Crippen LogP contribution in [0.5, 0.6) is 0 Å². The van der Waals surface area contributed by atoms with Gasteiger partial charge in [0.05, 0.1) is 0 Å². The van der Waals surface area contributed by atoms with Crippen molar-refractivity contribution in [2.45, 2.75) is 0 Å². The van der Waals surface area contributed by atoms with Crippen LogP contribution < -0.4 is 111 Å². The fraction of sp³-hybridized carbons (Fsp3) is 0. The van der Waals surface area contributed by atoms with Crippen molar-refractivity contribution < 1.29 is 132 Å². The van der Waals surface area contributed by atoms with Crippen molar-refractivity contribution in [1.29, 1.82) is 0 Å². The molecule has 0 fully saturated rings. The van der Waals surface area contributed by atoms with Crippen LogP contribution in [-0.4, -0.2) is 0 Å². The van der Waals surface area contributed by atoms with E-state index in [1.54, 1.807) is 0 Å². The molecule has 0 bridgehead atoms. The Bertz CT molecular complexity index is 92.9. The van der Waals surface area contributed by atoms with Gasteiger partial charge in [-0.15, -0.1) is 0 Å².